The molecule has 0 heterocycles. The van der Waals surface area contributed by atoms with Gasteiger partial charge in [-0.3, -0.25) is 0 Å². The number of aliphatic hydroxyl groups is 1. The Kier molecular flexibility index (Phi) is 4.70. The molecule has 0 spiro atoms. The number of hydrogen-bond donors (Lipinski definition) is 2. The Morgan fingerprint density at radius 2 is 1.77 bits per heavy atom. The van der Waals surface area contributed by atoms with Crippen LogP contribution in [0.2, 0.25) is 0 Å². The molecule has 0 aromatic rings. The molecule has 0 amide bonds. The van der Waals surface area contributed by atoms with Crippen LogP contribution in [0.3, 0.4) is 0 Å². The lowest BCUT2D eigenvalue weighted by molar-refractivity contribution is -0.183. The maximum absolute atomic E-state index is 12.2. The number of halogens is 3. The van der Waals surface area contributed by atoms with Crippen molar-refractivity contribution < 1.29 is 18.3 Å². The first kappa shape index (κ1) is 12.7. The maximum Gasteiger partial charge on any atom is 0.391 e. The molecule has 3 N–H and O–H groups in total. The molecule has 0 rings (SSSR count). The minimum absolute atomic E-state index is 0.171. The Balaban J connectivity index is 4.16. The molecule has 13 heavy (non-hydrogen) atoms. The predicted molar refractivity (Wildman–Crippen MR) is 44.1 cm³/mol. The van der Waals surface area contributed by atoms with E-state index in [9.17, 15) is 13.2 Å². The third-order valence-corrected chi connectivity index (χ3v) is 2.44. The average molecular weight is 199 g/mol. The molecule has 0 aromatic carbocycles. The van der Waals surface area contributed by atoms with Crippen molar-refractivity contribution in [3.63, 3.8) is 0 Å². The first-order valence-electron chi connectivity index (χ1n) is 4.23. The molecule has 0 aromatic heterocycles. The molecule has 0 radical (unpaired) electrons. The molecule has 0 fully saturated rings. The van der Waals surface area contributed by atoms with Crippen molar-refractivity contribution >= 4 is 0 Å². The topological polar surface area (TPSA) is 46.2 Å². The Labute approximate surface area is 75.9 Å². The van der Waals surface area contributed by atoms with E-state index in [2.05, 4.69) is 0 Å². The van der Waals surface area contributed by atoms with Crippen molar-refractivity contribution in [3.05, 3.63) is 0 Å². The fourth-order valence-corrected chi connectivity index (χ4v) is 1.08. The summed E-state index contributed by atoms with van der Waals surface area (Å²) in [5, 5.41) is 8.51. The van der Waals surface area contributed by atoms with Crippen molar-refractivity contribution in [1.82, 2.24) is 0 Å². The zero-order chi connectivity index (χ0) is 10.6. The molecule has 0 aliphatic carbocycles. The second kappa shape index (κ2) is 4.81. The van der Waals surface area contributed by atoms with Crippen molar-refractivity contribution in [2.24, 2.45) is 17.6 Å². The van der Waals surface area contributed by atoms with Crippen LogP contribution in [0.25, 0.3) is 0 Å². The van der Waals surface area contributed by atoms with Crippen LogP contribution in [0.15, 0.2) is 0 Å². The molecule has 0 bridgehead atoms. The normalized spacial score (nSPS) is 19.6. The van der Waals surface area contributed by atoms with E-state index in [1.54, 1.807) is 0 Å². The Bertz CT molecular complexity index is 149. The minimum Gasteiger partial charge on any atom is -0.396 e. The molecule has 0 aliphatic heterocycles. The van der Waals surface area contributed by atoms with Gasteiger partial charge in [0.2, 0.25) is 0 Å². The van der Waals surface area contributed by atoms with Crippen LogP contribution in [-0.4, -0.2) is 23.9 Å². The summed E-state index contributed by atoms with van der Waals surface area (Å²) in [5.74, 6) is -2.08. The summed E-state index contributed by atoms with van der Waals surface area (Å²) < 4.78 is 36.5. The Morgan fingerprint density at radius 1 is 1.31 bits per heavy atom. The summed E-state index contributed by atoms with van der Waals surface area (Å²) in [5.41, 5.74) is 5.47. The van der Waals surface area contributed by atoms with Gasteiger partial charge in [0, 0.05) is 12.6 Å². The van der Waals surface area contributed by atoms with Gasteiger partial charge in [-0.05, 0) is 12.3 Å². The molecule has 3 unspecified atom stereocenters. The monoisotopic (exact) mass is 199 g/mol. The van der Waals surface area contributed by atoms with Gasteiger partial charge < -0.3 is 10.8 Å². The zero-order valence-corrected chi connectivity index (χ0v) is 7.80. The van der Waals surface area contributed by atoms with E-state index in [0.717, 1.165) is 6.92 Å². The van der Waals surface area contributed by atoms with Crippen LogP contribution >= 0.6 is 0 Å². The summed E-state index contributed by atoms with van der Waals surface area (Å²) in [7, 11) is 0. The highest BCUT2D eigenvalue weighted by atomic mass is 19.4. The second-order valence-corrected chi connectivity index (χ2v) is 3.37. The quantitative estimate of drug-likeness (QED) is 0.721. The molecule has 0 saturated carbocycles. The van der Waals surface area contributed by atoms with Crippen LogP contribution in [0.1, 0.15) is 20.3 Å². The number of alkyl halides is 3. The SMILES string of the molecule is CC(C(N)CCO)C(C)C(F)(F)F. The Hall–Kier alpha value is -0.290. The summed E-state index contributed by atoms with van der Waals surface area (Å²) in [6, 6.07) is -0.596. The summed E-state index contributed by atoms with van der Waals surface area (Å²) in [6.45, 7) is 2.40. The van der Waals surface area contributed by atoms with Gasteiger partial charge in [0.25, 0.3) is 0 Å². The standard InChI is InChI=1S/C8H16F3NO/c1-5(7(12)3-4-13)6(2)8(9,10)11/h5-7,13H,3-4,12H2,1-2H3. The molecule has 80 valence electrons. The minimum atomic E-state index is -4.20. The molecule has 5 heteroatoms. The lowest BCUT2D eigenvalue weighted by Gasteiger charge is -2.27. The molecule has 3 atom stereocenters. The number of nitrogens with two attached hydrogens (primary N) is 1. The average Bonchev–Trinajstić information content (AvgIpc) is 2.00. The summed E-state index contributed by atoms with van der Waals surface area (Å²) in [6.07, 6.45) is -3.99. The highest BCUT2D eigenvalue weighted by molar-refractivity contribution is 4.77. The molecule has 0 aliphatic rings. The molecular formula is C8H16F3NO. The largest absolute Gasteiger partial charge is 0.396 e. The fraction of sp³-hybridized carbons (Fsp3) is 1.00. The van der Waals surface area contributed by atoms with Gasteiger partial charge in [0.1, 0.15) is 0 Å². The first-order valence-corrected chi connectivity index (χ1v) is 4.23. The van der Waals surface area contributed by atoms with Crippen molar-refractivity contribution in [2.75, 3.05) is 6.61 Å². The van der Waals surface area contributed by atoms with E-state index in [-0.39, 0.29) is 13.0 Å². The van der Waals surface area contributed by atoms with Crippen LogP contribution in [0.4, 0.5) is 13.2 Å². The highest BCUT2D eigenvalue weighted by Gasteiger charge is 2.40. The number of hydrogen-bond acceptors (Lipinski definition) is 2. The Morgan fingerprint density at radius 3 is 2.08 bits per heavy atom. The third kappa shape index (κ3) is 3.95. The lowest BCUT2D eigenvalue weighted by Crippen LogP contribution is -2.38. The zero-order valence-electron chi connectivity index (χ0n) is 7.80. The smallest absolute Gasteiger partial charge is 0.391 e. The summed E-state index contributed by atoms with van der Waals surface area (Å²) in [4.78, 5) is 0. The van der Waals surface area contributed by atoms with Gasteiger partial charge >= 0.3 is 6.18 Å². The van der Waals surface area contributed by atoms with Crippen LogP contribution in [0, 0.1) is 11.8 Å². The molecule has 2 nitrogen and oxygen atoms in total. The van der Waals surface area contributed by atoms with Gasteiger partial charge in [-0.15, -0.1) is 0 Å². The van der Waals surface area contributed by atoms with E-state index < -0.39 is 24.1 Å². The van der Waals surface area contributed by atoms with Crippen LogP contribution in [-0.2, 0) is 0 Å². The van der Waals surface area contributed by atoms with Crippen LogP contribution < -0.4 is 5.73 Å². The first-order chi connectivity index (χ1) is 5.80. The molecular weight excluding hydrogens is 183 g/mol. The second-order valence-electron chi connectivity index (χ2n) is 3.37. The third-order valence-electron chi connectivity index (χ3n) is 2.44. The van der Waals surface area contributed by atoms with Gasteiger partial charge in [-0.1, -0.05) is 13.8 Å². The highest BCUT2D eigenvalue weighted by Crippen LogP contribution is 2.33. The number of rotatable bonds is 4. The van der Waals surface area contributed by atoms with E-state index in [1.165, 1.54) is 6.92 Å². The van der Waals surface area contributed by atoms with E-state index in [4.69, 9.17) is 10.8 Å². The van der Waals surface area contributed by atoms with Gasteiger partial charge in [0.05, 0.1) is 5.92 Å². The lowest BCUT2D eigenvalue weighted by atomic mass is 9.87. The van der Waals surface area contributed by atoms with E-state index >= 15 is 0 Å². The number of aliphatic hydroxyl groups excluding tert-OH is 1. The van der Waals surface area contributed by atoms with Crippen molar-refractivity contribution in [1.29, 1.82) is 0 Å². The van der Waals surface area contributed by atoms with Crippen molar-refractivity contribution in [2.45, 2.75) is 32.5 Å². The fourth-order valence-electron chi connectivity index (χ4n) is 1.08. The van der Waals surface area contributed by atoms with E-state index in [0.29, 0.717) is 0 Å². The maximum atomic E-state index is 12.2. The molecule has 0 saturated heterocycles. The van der Waals surface area contributed by atoms with Crippen LogP contribution in [0.5, 0.6) is 0 Å². The van der Waals surface area contributed by atoms with Gasteiger partial charge in [-0.25, -0.2) is 0 Å². The predicted octanol–water partition coefficient (Wildman–Crippen LogP) is 1.53. The van der Waals surface area contributed by atoms with E-state index in [1.807, 2.05) is 0 Å². The van der Waals surface area contributed by atoms with Gasteiger partial charge in [-0.2, -0.15) is 13.2 Å². The van der Waals surface area contributed by atoms with Gasteiger partial charge in [0.15, 0.2) is 0 Å². The summed E-state index contributed by atoms with van der Waals surface area (Å²) >= 11 is 0. The van der Waals surface area contributed by atoms with Crippen molar-refractivity contribution in [3.8, 4) is 0 Å².